The normalized spacial score (nSPS) is 10.6. The van der Waals surface area contributed by atoms with E-state index in [4.69, 9.17) is 4.74 Å². The molecule has 3 rings (SSSR count). The second-order valence-electron chi connectivity index (χ2n) is 4.56. The van der Waals surface area contributed by atoms with Gasteiger partial charge in [-0.3, -0.25) is 0 Å². The van der Waals surface area contributed by atoms with E-state index in [9.17, 15) is 0 Å². The van der Waals surface area contributed by atoms with Crippen molar-refractivity contribution in [3.8, 4) is 5.88 Å². The van der Waals surface area contributed by atoms with Crippen molar-refractivity contribution in [2.45, 2.75) is 6.54 Å². The standard InChI is InChI=1S/C16H14BrN3O/c1-21-15-6-5-11(9-19-15)10-20-16-13-3-2-4-14(17)12(13)7-8-18-16/h2-9H,10H2,1H3,(H,18,20). The zero-order valence-corrected chi connectivity index (χ0v) is 13.1. The molecule has 1 N–H and O–H groups in total. The first-order valence-electron chi connectivity index (χ1n) is 6.54. The molecule has 0 aliphatic rings. The Bertz CT molecular complexity index is 759. The van der Waals surface area contributed by atoms with Gasteiger partial charge in [0.1, 0.15) is 5.82 Å². The minimum atomic E-state index is 0.617. The zero-order chi connectivity index (χ0) is 14.7. The summed E-state index contributed by atoms with van der Waals surface area (Å²) in [5.41, 5.74) is 1.07. The molecule has 0 bridgehead atoms. The van der Waals surface area contributed by atoms with Crippen LogP contribution in [0.25, 0.3) is 10.8 Å². The third kappa shape index (κ3) is 2.97. The number of anilines is 1. The Kier molecular flexibility index (Phi) is 4.01. The second-order valence-corrected chi connectivity index (χ2v) is 5.41. The van der Waals surface area contributed by atoms with E-state index >= 15 is 0 Å². The van der Waals surface area contributed by atoms with Crippen LogP contribution in [0.1, 0.15) is 5.56 Å². The fourth-order valence-corrected chi connectivity index (χ4v) is 2.63. The van der Waals surface area contributed by atoms with Gasteiger partial charge in [-0.25, -0.2) is 9.97 Å². The van der Waals surface area contributed by atoms with E-state index in [0.717, 1.165) is 26.6 Å². The number of nitrogens with one attached hydrogen (secondary N) is 1. The monoisotopic (exact) mass is 343 g/mol. The van der Waals surface area contributed by atoms with Crippen molar-refractivity contribution in [1.82, 2.24) is 9.97 Å². The Labute approximate surface area is 131 Å². The Morgan fingerprint density at radius 2 is 2.00 bits per heavy atom. The van der Waals surface area contributed by atoms with Gasteiger partial charge >= 0.3 is 0 Å². The third-order valence-corrected chi connectivity index (χ3v) is 3.91. The van der Waals surface area contributed by atoms with Gasteiger partial charge in [-0.2, -0.15) is 0 Å². The van der Waals surface area contributed by atoms with E-state index < -0.39 is 0 Å². The molecule has 106 valence electrons. The molecule has 0 saturated carbocycles. The summed E-state index contributed by atoms with van der Waals surface area (Å²) in [7, 11) is 1.61. The minimum absolute atomic E-state index is 0.617. The van der Waals surface area contributed by atoms with E-state index in [1.165, 1.54) is 0 Å². The summed E-state index contributed by atoms with van der Waals surface area (Å²) in [4.78, 5) is 8.62. The van der Waals surface area contributed by atoms with Gasteiger partial charge in [0, 0.05) is 40.2 Å². The lowest BCUT2D eigenvalue weighted by atomic mass is 10.1. The highest BCUT2D eigenvalue weighted by Crippen LogP contribution is 2.27. The maximum absolute atomic E-state index is 5.05. The molecule has 2 heterocycles. The number of fused-ring (bicyclic) bond motifs is 1. The summed E-state index contributed by atoms with van der Waals surface area (Å²) in [6, 6.07) is 11.9. The smallest absolute Gasteiger partial charge is 0.212 e. The molecule has 1 aromatic carbocycles. The Morgan fingerprint density at radius 3 is 2.76 bits per heavy atom. The fourth-order valence-electron chi connectivity index (χ4n) is 2.13. The predicted octanol–water partition coefficient (Wildman–Crippen LogP) is 4.01. The molecule has 4 nitrogen and oxygen atoms in total. The quantitative estimate of drug-likeness (QED) is 0.777. The van der Waals surface area contributed by atoms with Crippen molar-refractivity contribution in [2.75, 3.05) is 12.4 Å². The van der Waals surface area contributed by atoms with E-state index in [1.54, 1.807) is 13.3 Å². The van der Waals surface area contributed by atoms with Crippen molar-refractivity contribution >= 4 is 32.5 Å². The number of aromatic nitrogens is 2. The molecule has 0 aliphatic carbocycles. The van der Waals surface area contributed by atoms with Crippen LogP contribution in [-0.2, 0) is 6.54 Å². The summed E-state index contributed by atoms with van der Waals surface area (Å²) >= 11 is 3.56. The molecular weight excluding hydrogens is 330 g/mol. The number of rotatable bonds is 4. The molecule has 0 radical (unpaired) electrons. The summed E-state index contributed by atoms with van der Waals surface area (Å²) < 4.78 is 6.12. The number of hydrogen-bond acceptors (Lipinski definition) is 4. The number of hydrogen-bond donors (Lipinski definition) is 1. The van der Waals surface area contributed by atoms with Crippen molar-refractivity contribution in [3.05, 3.63) is 58.8 Å². The first-order valence-corrected chi connectivity index (χ1v) is 7.33. The van der Waals surface area contributed by atoms with Gasteiger partial charge in [0.05, 0.1) is 7.11 Å². The van der Waals surface area contributed by atoms with Crippen LogP contribution in [0.3, 0.4) is 0 Å². The van der Waals surface area contributed by atoms with E-state index in [0.29, 0.717) is 12.4 Å². The first-order chi connectivity index (χ1) is 10.3. The summed E-state index contributed by atoms with van der Waals surface area (Å²) in [5.74, 6) is 1.48. The first kappa shape index (κ1) is 13.8. The predicted molar refractivity (Wildman–Crippen MR) is 87.6 cm³/mol. The van der Waals surface area contributed by atoms with Crippen LogP contribution in [0.4, 0.5) is 5.82 Å². The van der Waals surface area contributed by atoms with Crippen molar-refractivity contribution in [2.24, 2.45) is 0 Å². The average Bonchev–Trinajstić information content (AvgIpc) is 2.54. The largest absolute Gasteiger partial charge is 0.481 e. The van der Waals surface area contributed by atoms with Gasteiger partial charge in [-0.05, 0) is 17.7 Å². The van der Waals surface area contributed by atoms with Gasteiger partial charge in [-0.1, -0.05) is 34.1 Å². The summed E-state index contributed by atoms with van der Waals surface area (Å²) in [6.07, 6.45) is 3.61. The van der Waals surface area contributed by atoms with Crippen molar-refractivity contribution in [1.29, 1.82) is 0 Å². The van der Waals surface area contributed by atoms with Gasteiger partial charge < -0.3 is 10.1 Å². The SMILES string of the molecule is COc1ccc(CNc2nccc3c(Br)cccc23)cn1. The molecular formula is C16H14BrN3O. The highest BCUT2D eigenvalue weighted by Gasteiger charge is 2.04. The van der Waals surface area contributed by atoms with E-state index in [-0.39, 0.29) is 0 Å². The molecule has 21 heavy (non-hydrogen) atoms. The second kappa shape index (κ2) is 6.10. The third-order valence-electron chi connectivity index (χ3n) is 3.22. The lowest BCUT2D eigenvalue weighted by Crippen LogP contribution is -2.02. The number of ether oxygens (including phenoxy) is 1. The maximum atomic E-state index is 5.05. The molecule has 2 aromatic heterocycles. The van der Waals surface area contributed by atoms with Crippen molar-refractivity contribution in [3.63, 3.8) is 0 Å². The van der Waals surface area contributed by atoms with Gasteiger partial charge in [0.15, 0.2) is 0 Å². The van der Waals surface area contributed by atoms with Crippen LogP contribution in [0.5, 0.6) is 5.88 Å². The fraction of sp³-hybridized carbons (Fsp3) is 0.125. The lowest BCUT2D eigenvalue weighted by molar-refractivity contribution is 0.397. The Morgan fingerprint density at radius 1 is 1.10 bits per heavy atom. The summed E-state index contributed by atoms with van der Waals surface area (Å²) in [6.45, 7) is 0.662. The van der Waals surface area contributed by atoms with Crippen LogP contribution in [-0.4, -0.2) is 17.1 Å². The van der Waals surface area contributed by atoms with Crippen LogP contribution in [0.15, 0.2) is 53.3 Å². The zero-order valence-electron chi connectivity index (χ0n) is 11.5. The van der Waals surface area contributed by atoms with Gasteiger partial charge in [0.25, 0.3) is 0 Å². The maximum Gasteiger partial charge on any atom is 0.212 e. The molecule has 0 amide bonds. The van der Waals surface area contributed by atoms with Crippen molar-refractivity contribution < 1.29 is 4.74 Å². The highest BCUT2D eigenvalue weighted by atomic mass is 79.9. The number of pyridine rings is 2. The van der Waals surface area contributed by atoms with Crippen LogP contribution < -0.4 is 10.1 Å². The molecule has 5 heteroatoms. The number of nitrogens with zero attached hydrogens (tertiary/aromatic N) is 2. The van der Waals surface area contributed by atoms with Gasteiger partial charge in [-0.15, -0.1) is 0 Å². The Balaban J connectivity index is 1.83. The van der Waals surface area contributed by atoms with Gasteiger partial charge in [0.2, 0.25) is 5.88 Å². The highest BCUT2D eigenvalue weighted by molar-refractivity contribution is 9.10. The number of methoxy groups -OCH3 is 1. The molecule has 0 saturated heterocycles. The summed E-state index contributed by atoms with van der Waals surface area (Å²) in [5, 5.41) is 5.59. The average molecular weight is 344 g/mol. The van der Waals surface area contributed by atoms with E-state index in [2.05, 4.69) is 37.3 Å². The topological polar surface area (TPSA) is 47.0 Å². The minimum Gasteiger partial charge on any atom is -0.481 e. The van der Waals surface area contributed by atoms with E-state index in [1.807, 2.05) is 36.5 Å². The van der Waals surface area contributed by atoms with Crippen LogP contribution >= 0.6 is 15.9 Å². The lowest BCUT2D eigenvalue weighted by Gasteiger charge is -2.09. The van der Waals surface area contributed by atoms with Crippen LogP contribution in [0, 0.1) is 0 Å². The molecule has 3 aromatic rings. The van der Waals surface area contributed by atoms with Crippen LogP contribution in [0.2, 0.25) is 0 Å². The molecule has 0 fully saturated rings. The molecule has 0 aliphatic heterocycles. The number of benzene rings is 1. The molecule has 0 spiro atoms. The molecule has 0 unspecified atom stereocenters. The molecule has 0 atom stereocenters. The Hall–Kier alpha value is -2.14. The number of halogens is 1.